The van der Waals surface area contributed by atoms with Gasteiger partial charge in [0.15, 0.2) is 0 Å². The molecule has 4 N–H and O–H groups in total. The molecule has 0 aliphatic rings. The topological polar surface area (TPSA) is 112 Å². The summed E-state index contributed by atoms with van der Waals surface area (Å²) in [5.41, 5.74) is -1.66. The van der Waals surface area contributed by atoms with E-state index in [1.54, 1.807) is 39.4 Å². The van der Waals surface area contributed by atoms with E-state index in [0.29, 0.717) is 11.5 Å². The minimum Gasteiger partial charge on any atom is -0.495 e. The first-order valence-electron chi connectivity index (χ1n) is 5.94. The molecule has 0 radical (unpaired) electrons. The van der Waals surface area contributed by atoms with Crippen molar-refractivity contribution in [2.75, 3.05) is 7.11 Å². The van der Waals surface area contributed by atoms with Crippen LogP contribution < -0.4 is 9.47 Å². The second kappa shape index (κ2) is 7.44. The van der Waals surface area contributed by atoms with E-state index in [2.05, 4.69) is 4.98 Å². The summed E-state index contributed by atoms with van der Waals surface area (Å²) in [5.74, 6) is 1.20. The van der Waals surface area contributed by atoms with Crippen molar-refractivity contribution in [1.82, 2.24) is 4.98 Å². The van der Waals surface area contributed by atoms with Gasteiger partial charge in [-0.25, -0.2) is 0 Å². The van der Waals surface area contributed by atoms with Gasteiger partial charge in [0.1, 0.15) is 17.1 Å². The molecule has 0 saturated carbocycles. The van der Waals surface area contributed by atoms with Gasteiger partial charge in [0.05, 0.1) is 25.1 Å². The molecular weight excluding hydrogens is 265 g/mol. The first kappa shape index (κ1) is 18.7. The molecule has 0 fully saturated rings. The van der Waals surface area contributed by atoms with E-state index < -0.39 is 18.5 Å². The predicted molar refractivity (Wildman–Crippen MR) is 74.2 cm³/mol. The van der Waals surface area contributed by atoms with Crippen LogP contribution in [0.2, 0.25) is 0 Å². The summed E-state index contributed by atoms with van der Waals surface area (Å²) in [6.45, 7) is 7.07. The third-order valence-corrected chi connectivity index (χ3v) is 2.77. The molecule has 0 saturated heterocycles. The van der Waals surface area contributed by atoms with Gasteiger partial charge in [-0.15, -0.1) is 0 Å². The minimum atomic E-state index is -2.17. The van der Waals surface area contributed by atoms with Gasteiger partial charge in [0.2, 0.25) is 0 Å². The molecule has 114 valence electrons. The van der Waals surface area contributed by atoms with E-state index in [4.69, 9.17) is 24.5 Å². The molecule has 0 bridgehead atoms. The lowest BCUT2D eigenvalue weighted by atomic mass is 9.89. The standard InChI is InChI=1S/C12H19NO3.BH3O3/c1-11(2,14)12(3,4)16-10-6-9(15-5)7-13-8-10;2-1(3)4/h6-8,14H,1-5H3;2-4H. The summed E-state index contributed by atoms with van der Waals surface area (Å²) >= 11 is 0. The highest BCUT2D eigenvalue weighted by Crippen LogP contribution is 2.28. The van der Waals surface area contributed by atoms with Gasteiger partial charge in [-0.2, -0.15) is 0 Å². The number of hydrogen-bond donors (Lipinski definition) is 4. The van der Waals surface area contributed by atoms with Gasteiger partial charge >= 0.3 is 7.32 Å². The molecule has 0 aliphatic heterocycles. The van der Waals surface area contributed by atoms with Crippen molar-refractivity contribution in [2.45, 2.75) is 38.9 Å². The van der Waals surface area contributed by atoms with Gasteiger partial charge in [-0.3, -0.25) is 4.98 Å². The quantitative estimate of drug-likeness (QED) is 0.575. The first-order valence-corrected chi connectivity index (χ1v) is 5.94. The normalized spacial score (nSPS) is 11.2. The molecule has 8 heteroatoms. The highest BCUT2D eigenvalue weighted by atomic mass is 16.5. The third kappa shape index (κ3) is 6.71. The molecule has 0 aromatic carbocycles. The number of rotatable bonds is 4. The van der Waals surface area contributed by atoms with Crippen LogP contribution in [-0.2, 0) is 0 Å². The second-order valence-electron chi connectivity index (χ2n) is 5.08. The first-order chi connectivity index (χ1) is 8.99. The molecule has 0 amide bonds. The highest BCUT2D eigenvalue weighted by molar-refractivity contribution is 6.30. The molecule has 1 heterocycles. The van der Waals surface area contributed by atoms with Crippen LogP contribution in [0.15, 0.2) is 18.5 Å². The molecule has 1 aromatic heterocycles. The largest absolute Gasteiger partial charge is 0.631 e. The van der Waals surface area contributed by atoms with Gasteiger partial charge in [-0.05, 0) is 27.7 Å². The monoisotopic (exact) mass is 287 g/mol. The van der Waals surface area contributed by atoms with E-state index in [9.17, 15) is 5.11 Å². The van der Waals surface area contributed by atoms with Gasteiger partial charge in [0, 0.05) is 6.07 Å². The van der Waals surface area contributed by atoms with Crippen LogP contribution in [0.1, 0.15) is 27.7 Å². The number of aromatic nitrogens is 1. The number of hydrogen-bond acceptors (Lipinski definition) is 7. The van der Waals surface area contributed by atoms with Crippen LogP contribution in [0.4, 0.5) is 0 Å². The van der Waals surface area contributed by atoms with Crippen LogP contribution in [-0.4, -0.2) is 50.8 Å². The number of aliphatic hydroxyl groups is 1. The maximum Gasteiger partial charge on any atom is 0.631 e. The van der Waals surface area contributed by atoms with Gasteiger partial charge < -0.3 is 29.7 Å². The summed E-state index contributed by atoms with van der Waals surface area (Å²) in [7, 11) is -0.595. The van der Waals surface area contributed by atoms with Crippen LogP contribution >= 0.6 is 0 Å². The Morgan fingerprint density at radius 3 is 1.90 bits per heavy atom. The Kier molecular flexibility index (Phi) is 6.94. The van der Waals surface area contributed by atoms with E-state index in [1.165, 1.54) is 0 Å². The van der Waals surface area contributed by atoms with Crippen molar-refractivity contribution < 1.29 is 29.7 Å². The van der Waals surface area contributed by atoms with Crippen molar-refractivity contribution in [1.29, 1.82) is 0 Å². The Balaban J connectivity index is 0.000000796. The average Bonchev–Trinajstić information content (AvgIpc) is 2.26. The smallest absolute Gasteiger partial charge is 0.495 e. The molecule has 0 atom stereocenters. The van der Waals surface area contributed by atoms with Crippen molar-refractivity contribution >= 4 is 7.32 Å². The Hall–Kier alpha value is -1.35. The SMILES string of the molecule is COc1cncc(OC(C)(C)C(C)(C)O)c1.OB(O)O. The van der Waals surface area contributed by atoms with E-state index in [1.807, 2.05) is 13.8 Å². The molecular formula is C12H22BNO6. The zero-order valence-corrected chi connectivity index (χ0v) is 12.4. The fraction of sp³-hybridized carbons (Fsp3) is 0.583. The van der Waals surface area contributed by atoms with Gasteiger partial charge in [-0.1, -0.05) is 0 Å². The van der Waals surface area contributed by atoms with Gasteiger partial charge in [0.25, 0.3) is 0 Å². The van der Waals surface area contributed by atoms with E-state index in [0.717, 1.165) is 0 Å². The summed E-state index contributed by atoms with van der Waals surface area (Å²) in [4.78, 5) is 3.99. The number of methoxy groups -OCH3 is 1. The zero-order valence-electron chi connectivity index (χ0n) is 12.4. The summed E-state index contributed by atoms with van der Waals surface area (Å²) in [6.07, 6.45) is 3.19. The highest BCUT2D eigenvalue weighted by Gasteiger charge is 2.37. The Bertz CT molecular complexity index is 402. The fourth-order valence-electron chi connectivity index (χ4n) is 0.986. The Morgan fingerprint density at radius 1 is 1.05 bits per heavy atom. The van der Waals surface area contributed by atoms with Crippen LogP contribution in [0.25, 0.3) is 0 Å². The number of nitrogens with zero attached hydrogens (tertiary/aromatic N) is 1. The van der Waals surface area contributed by atoms with E-state index in [-0.39, 0.29) is 0 Å². The molecule has 20 heavy (non-hydrogen) atoms. The van der Waals surface area contributed by atoms with Crippen molar-refractivity contribution in [3.63, 3.8) is 0 Å². The summed E-state index contributed by atoms with van der Waals surface area (Å²) < 4.78 is 10.8. The summed E-state index contributed by atoms with van der Waals surface area (Å²) in [6, 6.07) is 1.74. The van der Waals surface area contributed by atoms with Crippen molar-refractivity contribution in [2.24, 2.45) is 0 Å². The average molecular weight is 287 g/mol. The summed E-state index contributed by atoms with van der Waals surface area (Å²) in [5, 5.41) is 31.5. The fourth-order valence-corrected chi connectivity index (χ4v) is 0.986. The molecule has 1 aromatic rings. The van der Waals surface area contributed by atoms with Crippen LogP contribution in [0, 0.1) is 0 Å². The van der Waals surface area contributed by atoms with E-state index >= 15 is 0 Å². The molecule has 0 unspecified atom stereocenters. The maximum absolute atomic E-state index is 9.96. The molecule has 1 rings (SSSR count). The van der Waals surface area contributed by atoms with Crippen molar-refractivity contribution in [3.05, 3.63) is 18.5 Å². The lowest BCUT2D eigenvalue weighted by Crippen LogP contribution is -2.49. The van der Waals surface area contributed by atoms with Crippen molar-refractivity contribution in [3.8, 4) is 11.5 Å². The predicted octanol–water partition coefficient (Wildman–Crippen LogP) is -0.0333. The third-order valence-electron chi connectivity index (χ3n) is 2.77. The molecule has 0 spiro atoms. The molecule has 0 aliphatic carbocycles. The second-order valence-corrected chi connectivity index (χ2v) is 5.08. The Morgan fingerprint density at radius 2 is 1.50 bits per heavy atom. The minimum absolute atomic E-state index is 0.575. The number of pyridine rings is 1. The lowest BCUT2D eigenvalue weighted by molar-refractivity contribution is -0.0908. The molecule has 7 nitrogen and oxygen atoms in total. The van der Waals surface area contributed by atoms with Crippen LogP contribution in [0.3, 0.4) is 0 Å². The zero-order chi connectivity index (χ0) is 16.0. The Labute approximate surface area is 119 Å². The maximum atomic E-state index is 9.96. The van der Waals surface area contributed by atoms with Crippen LogP contribution in [0.5, 0.6) is 11.5 Å². The number of ether oxygens (including phenoxy) is 2. The lowest BCUT2D eigenvalue weighted by Gasteiger charge is -2.37.